The van der Waals surface area contributed by atoms with Crippen molar-refractivity contribution in [3.05, 3.63) is 48.0 Å². The molecular formula is C32H51NO5. The Morgan fingerprint density at radius 2 is 1.74 bits per heavy atom. The average molecular weight is 530 g/mol. The van der Waals surface area contributed by atoms with Gasteiger partial charge in [-0.15, -0.1) is 0 Å². The van der Waals surface area contributed by atoms with Crippen LogP contribution in [0.1, 0.15) is 78.7 Å². The molecule has 0 aliphatic heterocycles. The number of ether oxygens (including phenoxy) is 1. The van der Waals surface area contributed by atoms with Gasteiger partial charge < -0.3 is 25.7 Å². The zero-order valence-electron chi connectivity index (χ0n) is 24.3. The minimum absolute atomic E-state index is 0.0623. The Balaban J connectivity index is 0.000000164. The lowest BCUT2D eigenvalue weighted by Crippen LogP contribution is -2.76. The van der Waals surface area contributed by atoms with E-state index in [0.29, 0.717) is 54.3 Å². The molecule has 0 unspecified atom stereocenters. The Morgan fingerprint density at radius 3 is 2.24 bits per heavy atom. The van der Waals surface area contributed by atoms with E-state index in [1.807, 2.05) is 37.3 Å². The van der Waals surface area contributed by atoms with Crippen LogP contribution in [0.4, 0.5) is 0 Å². The highest BCUT2D eigenvalue weighted by Gasteiger charge is 2.58. The van der Waals surface area contributed by atoms with Crippen LogP contribution in [-0.2, 0) is 21.0 Å². The van der Waals surface area contributed by atoms with Gasteiger partial charge in [-0.2, -0.15) is 0 Å². The number of quaternary nitrogens is 1. The van der Waals surface area contributed by atoms with Crippen LogP contribution in [0.15, 0.2) is 42.5 Å². The van der Waals surface area contributed by atoms with Crippen molar-refractivity contribution in [3.8, 4) is 0 Å². The molecule has 7 atom stereocenters. The summed E-state index contributed by atoms with van der Waals surface area (Å²) in [4.78, 5) is 15.2. The fourth-order valence-electron chi connectivity index (χ4n) is 7.65. The molecule has 0 radical (unpaired) electrons. The fourth-order valence-corrected chi connectivity index (χ4v) is 7.65. The lowest BCUT2D eigenvalue weighted by Gasteiger charge is -2.60. The Labute approximate surface area is 229 Å². The molecule has 6 heteroatoms. The van der Waals surface area contributed by atoms with Crippen molar-refractivity contribution in [1.82, 2.24) is 0 Å². The first-order valence-electron chi connectivity index (χ1n) is 14.5. The quantitative estimate of drug-likeness (QED) is 0.237. The van der Waals surface area contributed by atoms with Gasteiger partial charge in [-0.05, 0) is 79.1 Å². The third-order valence-electron chi connectivity index (χ3n) is 10.6. The van der Waals surface area contributed by atoms with E-state index in [2.05, 4.69) is 44.9 Å². The molecule has 1 aromatic carbocycles. The Hall–Kier alpha value is -1.73. The summed E-state index contributed by atoms with van der Waals surface area (Å²) in [5, 5.41) is 18.5. The van der Waals surface area contributed by atoms with Gasteiger partial charge in [0.25, 0.3) is 0 Å². The van der Waals surface area contributed by atoms with Crippen LogP contribution >= 0.6 is 0 Å². The van der Waals surface area contributed by atoms with Crippen LogP contribution in [0.25, 0.3) is 0 Å². The number of aliphatic hydroxyl groups is 1. The van der Waals surface area contributed by atoms with E-state index in [0.717, 1.165) is 36.2 Å². The smallest absolute Gasteiger partial charge is 0.306 e. The minimum Gasteiger partial charge on any atom is -0.723 e. The van der Waals surface area contributed by atoms with Crippen molar-refractivity contribution in [2.24, 2.45) is 46.3 Å². The number of esters is 1. The van der Waals surface area contributed by atoms with Crippen LogP contribution in [0.3, 0.4) is 0 Å². The summed E-state index contributed by atoms with van der Waals surface area (Å²) >= 11 is 0. The topological polar surface area (TPSA) is 106 Å². The molecule has 0 saturated heterocycles. The number of hydrogen-bond acceptors (Lipinski definition) is 5. The standard InChI is InChI=1S/C14H22O2.C11H21NO.C7H8O2/c1-5-16-13(15)7-10-6-11-8-12(9(10)2)14(11,3)4;1-11(2)8-5-7(3-4-13)10(12)9(11)6-8;8-9-6-7-4-2-1-3-5-7/h10-12H,2,5-8H2,1,3-4H3;7-10,13H,3-6,12H2,1-2H3;1-5,8H,6H2/t10-,11+,12+;7-,8-,9-,10+;/m10./s1. The first-order valence-corrected chi connectivity index (χ1v) is 14.5. The largest absolute Gasteiger partial charge is 0.723 e. The van der Waals surface area contributed by atoms with Crippen LogP contribution in [0, 0.1) is 46.3 Å². The van der Waals surface area contributed by atoms with Gasteiger partial charge in [0.05, 0.1) is 25.7 Å². The van der Waals surface area contributed by atoms with Gasteiger partial charge in [-0.1, -0.05) is 70.2 Å². The molecule has 4 bridgehead atoms. The van der Waals surface area contributed by atoms with Crippen LogP contribution < -0.4 is 11.0 Å². The maximum absolute atomic E-state index is 11.5. The second kappa shape index (κ2) is 13.1. The van der Waals surface area contributed by atoms with Crippen LogP contribution in [-0.4, -0.2) is 30.3 Å². The van der Waals surface area contributed by atoms with Gasteiger partial charge in [-0.3, -0.25) is 4.79 Å². The maximum Gasteiger partial charge on any atom is 0.306 e. The summed E-state index contributed by atoms with van der Waals surface area (Å²) in [5.74, 6) is 4.15. The number of rotatable bonds is 7. The highest BCUT2D eigenvalue weighted by molar-refractivity contribution is 5.70. The second-order valence-electron chi connectivity index (χ2n) is 13.1. The van der Waals surface area contributed by atoms with Crippen molar-refractivity contribution in [3.63, 3.8) is 0 Å². The second-order valence-corrected chi connectivity index (χ2v) is 13.1. The molecule has 6 aliphatic carbocycles. The Bertz CT molecular complexity index is 914. The zero-order valence-corrected chi connectivity index (χ0v) is 24.3. The van der Waals surface area contributed by atoms with Crippen molar-refractivity contribution in [2.45, 2.75) is 85.8 Å². The summed E-state index contributed by atoms with van der Waals surface area (Å²) in [6.45, 7) is 16.5. The van der Waals surface area contributed by atoms with E-state index in [1.165, 1.54) is 24.8 Å². The van der Waals surface area contributed by atoms with E-state index in [9.17, 15) is 10.1 Å². The number of aliphatic hydroxyl groups excluding tert-OH is 1. The summed E-state index contributed by atoms with van der Waals surface area (Å²) in [7, 11) is 0. The van der Waals surface area contributed by atoms with Gasteiger partial charge in [0.15, 0.2) is 0 Å². The first-order chi connectivity index (χ1) is 18.0. The molecule has 6 fully saturated rings. The minimum atomic E-state index is -0.0623. The van der Waals surface area contributed by atoms with Crippen molar-refractivity contribution in [2.75, 3.05) is 13.2 Å². The molecule has 6 aliphatic rings. The Morgan fingerprint density at radius 1 is 1.08 bits per heavy atom. The van der Waals surface area contributed by atoms with Crippen LogP contribution in [0.2, 0.25) is 0 Å². The number of allylic oxidation sites excluding steroid dienone is 1. The summed E-state index contributed by atoms with van der Waals surface area (Å²) < 4.78 is 5.01. The molecule has 0 amide bonds. The molecule has 0 heterocycles. The lowest BCUT2D eigenvalue weighted by molar-refractivity contribution is -0.695. The third kappa shape index (κ3) is 6.70. The lowest BCUT2D eigenvalue weighted by atomic mass is 9.45. The fraction of sp³-hybridized carbons (Fsp3) is 0.719. The molecule has 1 aromatic rings. The molecule has 6 nitrogen and oxygen atoms in total. The number of carbonyl (C=O) groups excluding carboxylic acids is 1. The molecule has 0 spiro atoms. The highest BCUT2D eigenvalue weighted by Crippen LogP contribution is 2.63. The van der Waals surface area contributed by atoms with Gasteiger partial charge >= 0.3 is 5.97 Å². The van der Waals surface area contributed by atoms with Gasteiger partial charge in [0.2, 0.25) is 0 Å². The van der Waals surface area contributed by atoms with E-state index in [4.69, 9.17) is 9.84 Å². The predicted molar refractivity (Wildman–Crippen MR) is 147 cm³/mol. The molecule has 0 aromatic heterocycles. The maximum atomic E-state index is 11.5. The predicted octanol–water partition coefficient (Wildman–Crippen LogP) is 4.32. The van der Waals surface area contributed by atoms with E-state index < -0.39 is 0 Å². The van der Waals surface area contributed by atoms with Gasteiger partial charge in [-0.25, -0.2) is 0 Å². The summed E-state index contributed by atoms with van der Waals surface area (Å²) in [5.41, 5.74) is 7.46. The number of carbonyl (C=O) groups is 1. The third-order valence-corrected chi connectivity index (χ3v) is 10.6. The summed E-state index contributed by atoms with van der Waals surface area (Å²) in [6.07, 6.45) is 6.61. The van der Waals surface area contributed by atoms with Gasteiger partial charge in [0.1, 0.15) is 0 Å². The normalized spacial score (nSPS) is 33.3. The molecular weight excluding hydrogens is 478 g/mol. The van der Waals surface area contributed by atoms with Crippen molar-refractivity contribution < 1.29 is 30.5 Å². The molecule has 7 rings (SSSR count). The van der Waals surface area contributed by atoms with E-state index in [1.54, 1.807) is 0 Å². The molecule has 6 saturated carbocycles. The monoisotopic (exact) mass is 529 g/mol. The SMILES string of the molecule is C=C1[C@@H](CC(=O)OCC)C[C@H]2C[C@@H]1C2(C)C.CC1(C)[C@H]2C[C@H](CCO)[C@@H]([NH3+])[C@@H]1C2.[O-]OCc1ccccc1. The highest BCUT2D eigenvalue weighted by atomic mass is 17.1. The zero-order chi connectivity index (χ0) is 28.1. The molecule has 214 valence electrons. The summed E-state index contributed by atoms with van der Waals surface area (Å²) in [6, 6.07) is 9.92. The molecule has 38 heavy (non-hydrogen) atoms. The number of fused-ring (bicyclic) bond motifs is 4. The Kier molecular flexibility index (Phi) is 10.6. The van der Waals surface area contributed by atoms with E-state index in [-0.39, 0.29) is 12.6 Å². The van der Waals surface area contributed by atoms with Gasteiger partial charge in [0, 0.05) is 18.4 Å². The molecule has 4 N–H and O–H groups in total. The number of benzene rings is 1. The first kappa shape index (κ1) is 30.8. The van der Waals surface area contributed by atoms with Crippen LogP contribution in [0.5, 0.6) is 0 Å². The van der Waals surface area contributed by atoms with E-state index >= 15 is 0 Å². The number of hydrogen-bond donors (Lipinski definition) is 2. The average Bonchev–Trinajstić information content (AvgIpc) is 2.87. The van der Waals surface area contributed by atoms with Crippen molar-refractivity contribution in [1.29, 1.82) is 0 Å². The van der Waals surface area contributed by atoms with Crippen molar-refractivity contribution >= 4 is 5.97 Å².